The Labute approximate surface area is 165 Å². The average molecular weight is 379 g/mol. The van der Waals surface area contributed by atoms with E-state index in [0.29, 0.717) is 11.7 Å². The number of anilines is 3. The van der Waals surface area contributed by atoms with Gasteiger partial charge in [0.2, 0.25) is 5.95 Å². The van der Waals surface area contributed by atoms with Gasteiger partial charge >= 0.3 is 0 Å². The summed E-state index contributed by atoms with van der Waals surface area (Å²) < 4.78 is 10.7. The molecule has 0 bridgehead atoms. The second kappa shape index (κ2) is 9.03. The topological polar surface area (TPSA) is 72.4 Å². The number of hydrogen-bond donors (Lipinski definition) is 1. The monoisotopic (exact) mass is 379 g/mol. The van der Waals surface area contributed by atoms with E-state index in [4.69, 9.17) is 9.47 Å². The van der Waals surface area contributed by atoms with Gasteiger partial charge in [-0.25, -0.2) is 4.98 Å². The van der Waals surface area contributed by atoms with Crippen molar-refractivity contribution in [2.24, 2.45) is 0 Å². The number of rotatable bonds is 8. The van der Waals surface area contributed by atoms with E-state index in [1.165, 1.54) is 5.56 Å². The molecule has 1 aromatic carbocycles. The first-order valence-electron chi connectivity index (χ1n) is 9.04. The number of pyridine rings is 1. The highest BCUT2D eigenvalue weighted by Crippen LogP contribution is 2.31. The number of nitrogens with zero attached hydrogens (tertiary/aromatic N) is 4. The zero-order valence-corrected chi connectivity index (χ0v) is 16.6. The molecule has 0 spiro atoms. The molecule has 7 heteroatoms. The molecule has 1 N–H and O–H groups in total. The van der Waals surface area contributed by atoms with E-state index < -0.39 is 0 Å². The molecule has 2 aromatic heterocycles. The van der Waals surface area contributed by atoms with Crippen LogP contribution in [0.2, 0.25) is 0 Å². The molecule has 0 saturated heterocycles. The molecule has 3 aromatic rings. The number of nitrogens with one attached hydrogen (secondary N) is 1. The molecule has 3 rings (SSSR count). The third-order valence-electron chi connectivity index (χ3n) is 4.37. The molecule has 0 atom stereocenters. The SMILES string of the molecule is COc1ccc(OC)c(Nc2nc(C)cc(N(C)CCc3ccncc3)n2)c1. The highest BCUT2D eigenvalue weighted by molar-refractivity contribution is 5.65. The molecule has 0 aliphatic heterocycles. The zero-order chi connectivity index (χ0) is 19.9. The van der Waals surface area contributed by atoms with Gasteiger partial charge in [0.05, 0.1) is 19.9 Å². The van der Waals surface area contributed by atoms with Crippen LogP contribution in [-0.4, -0.2) is 42.8 Å². The van der Waals surface area contributed by atoms with Gasteiger partial charge in [-0.2, -0.15) is 4.98 Å². The first-order valence-corrected chi connectivity index (χ1v) is 9.04. The van der Waals surface area contributed by atoms with Gasteiger partial charge in [-0.05, 0) is 43.2 Å². The maximum absolute atomic E-state index is 5.42. The number of aromatic nitrogens is 3. The molecule has 7 nitrogen and oxygen atoms in total. The summed E-state index contributed by atoms with van der Waals surface area (Å²) in [5.74, 6) is 2.78. The summed E-state index contributed by atoms with van der Waals surface area (Å²) in [5, 5.41) is 3.25. The number of benzene rings is 1. The molecular formula is C21H25N5O2. The fraction of sp³-hybridized carbons (Fsp3) is 0.286. The van der Waals surface area contributed by atoms with E-state index in [0.717, 1.165) is 35.9 Å². The third-order valence-corrected chi connectivity index (χ3v) is 4.37. The van der Waals surface area contributed by atoms with Crippen molar-refractivity contribution in [2.45, 2.75) is 13.3 Å². The van der Waals surface area contributed by atoms with Gasteiger partial charge in [0.25, 0.3) is 0 Å². The Kier molecular flexibility index (Phi) is 6.26. The quantitative estimate of drug-likeness (QED) is 0.641. The highest BCUT2D eigenvalue weighted by atomic mass is 16.5. The lowest BCUT2D eigenvalue weighted by Crippen LogP contribution is -2.22. The summed E-state index contributed by atoms with van der Waals surface area (Å²) in [6.45, 7) is 2.79. The predicted octanol–water partition coefficient (Wildman–Crippen LogP) is 3.62. The Morgan fingerprint density at radius 2 is 1.79 bits per heavy atom. The number of hydrogen-bond acceptors (Lipinski definition) is 7. The van der Waals surface area contributed by atoms with E-state index in [9.17, 15) is 0 Å². The highest BCUT2D eigenvalue weighted by Gasteiger charge is 2.11. The summed E-state index contributed by atoms with van der Waals surface area (Å²) in [5.41, 5.74) is 2.87. The average Bonchev–Trinajstić information content (AvgIpc) is 2.72. The summed E-state index contributed by atoms with van der Waals surface area (Å²) in [6.07, 6.45) is 4.54. The Bertz CT molecular complexity index is 918. The summed E-state index contributed by atoms with van der Waals surface area (Å²) in [4.78, 5) is 15.3. The van der Waals surface area contributed by atoms with E-state index in [1.54, 1.807) is 14.2 Å². The van der Waals surface area contributed by atoms with Crippen LogP contribution in [0.3, 0.4) is 0 Å². The van der Waals surface area contributed by atoms with Gasteiger partial charge in [0.15, 0.2) is 0 Å². The predicted molar refractivity (Wildman–Crippen MR) is 111 cm³/mol. The van der Waals surface area contributed by atoms with E-state index in [2.05, 4.69) is 25.2 Å². The molecule has 0 saturated carbocycles. The van der Waals surface area contributed by atoms with Gasteiger partial charge in [0.1, 0.15) is 17.3 Å². The van der Waals surface area contributed by atoms with Crippen molar-refractivity contribution in [1.82, 2.24) is 15.0 Å². The van der Waals surface area contributed by atoms with Gasteiger partial charge in [-0.15, -0.1) is 0 Å². The minimum atomic E-state index is 0.511. The second-order valence-electron chi connectivity index (χ2n) is 6.41. The standard InChI is InChI=1S/C21H25N5O2/c1-15-13-20(26(2)12-9-16-7-10-22-11-8-16)25-21(23-15)24-18-14-17(27-3)5-6-19(18)28-4/h5-8,10-11,13-14H,9,12H2,1-4H3,(H,23,24,25). The summed E-state index contributed by atoms with van der Waals surface area (Å²) >= 11 is 0. The number of ether oxygens (including phenoxy) is 2. The maximum Gasteiger partial charge on any atom is 0.229 e. The Balaban J connectivity index is 1.78. The molecule has 28 heavy (non-hydrogen) atoms. The largest absolute Gasteiger partial charge is 0.497 e. The van der Waals surface area contributed by atoms with Gasteiger partial charge in [-0.1, -0.05) is 0 Å². The minimum Gasteiger partial charge on any atom is -0.497 e. The Morgan fingerprint density at radius 3 is 2.50 bits per heavy atom. The molecule has 0 aliphatic carbocycles. The Morgan fingerprint density at radius 1 is 1.00 bits per heavy atom. The van der Waals surface area contributed by atoms with Crippen molar-refractivity contribution in [3.63, 3.8) is 0 Å². The van der Waals surface area contributed by atoms with Crippen molar-refractivity contribution in [3.8, 4) is 11.5 Å². The van der Waals surface area contributed by atoms with Gasteiger partial charge in [-0.3, -0.25) is 4.98 Å². The van der Waals surface area contributed by atoms with Crippen LogP contribution in [0.15, 0.2) is 48.8 Å². The number of methoxy groups -OCH3 is 2. The smallest absolute Gasteiger partial charge is 0.229 e. The molecule has 0 amide bonds. The molecule has 0 aliphatic rings. The lowest BCUT2D eigenvalue weighted by Gasteiger charge is -2.20. The van der Waals surface area contributed by atoms with Gasteiger partial charge < -0.3 is 19.7 Å². The number of likely N-dealkylation sites (N-methyl/N-ethyl adjacent to an activating group) is 1. The fourth-order valence-electron chi connectivity index (χ4n) is 2.80. The zero-order valence-electron chi connectivity index (χ0n) is 16.6. The van der Waals surface area contributed by atoms with Crippen LogP contribution in [0.4, 0.5) is 17.5 Å². The van der Waals surface area contributed by atoms with Crippen molar-refractivity contribution in [3.05, 3.63) is 60.0 Å². The van der Waals surface area contributed by atoms with E-state index in [-0.39, 0.29) is 0 Å². The first kappa shape index (κ1) is 19.4. The normalized spacial score (nSPS) is 10.4. The van der Waals surface area contributed by atoms with Crippen LogP contribution < -0.4 is 19.7 Å². The first-order chi connectivity index (χ1) is 13.6. The van der Waals surface area contributed by atoms with Crippen molar-refractivity contribution in [1.29, 1.82) is 0 Å². The molecule has 146 valence electrons. The van der Waals surface area contributed by atoms with Crippen LogP contribution in [0, 0.1) is 6.92 Å². The van der Waals surface area contributed by atoms with Crippen LogP contribution in [0.5, 0.6) is 11.5 Å². The molecular weight excluding hydrogens is 354 g/mol. The van der Waals surface area contributed by atoms with E-state index >= 15 is 0 Å². The van der Waals surface area contributed by atoms with Crippen molar-refractivity contribution >= 4 is 17.5 Å². The Hall–Kier alpha value is -3.35. The minimum absolute atomic E-state index is 0.511. The van der Waals surface area contributed by atoms with E-state index in [1.807, 2.05) is 62.8 Å². The lowest BCUT2D eigenvalue weighted by molar-refractivity contribution is 0.405. The molecule has 0 fully saturated rings. The molecule has 2 heterocycles. The summed E-state index contributed by atoms with van der Waals surface area (Å²) in [6, 6.07) is 11.6. The van der Waals surface area contributed by atoms with Gasteiger partial charge in [0, 0.05) is 43.8 Å². The third kappa shape index (κ3) is 4.88. The van der Waals surface area contributed by atoms with Crippen LogP contribution in [0.1, 0.15) is 11.3 Å². The second-order valence-corrected chi connectivity index (χ2v) is 6.41. The van der Waals surface area contributed by atoms with Crippen LogP contribution in [-0.2, 0) is 6.42 Å². The molecule has 0 unspecified atom stereocenters. The lowest BCUT2D eigenvalue weighted by atomic mass is 10.2. The fourth-order valence-corrected chi connectivity index (χ4v) is 2.80. The van der Waals surface area contributed by atoms with Crippen molar-refractivity contribution < 1.29 is 9.47 Å². The maximum atomic E-state index is 5.42. The van der Waals surface area contributed by atoms with Crippen molar-refractivity contribution in [2.75, 3.05) is 38.0 Å². The molecule has 0 radical (unpaired) electrons. The number of aryl methyl sites for hydroxylation is 1. The van der Waals surface area contributed by atoms with Crippen LogP contribution in [0.25, 0.3) is 0 Å². The van der Waals surface area contributed by atoms with Crippen LogP contribution >= 0.6 is 0 Å². The summed E-state index contributed by atoms with van der Waals surface area (Å²) in [7, 11) is 5.28.